The first-order valence-electron chi connectivity index (χ1n) is 18.0. The summed E-state index contributed by atoms with van der Waals surface area (Å²) in [5, 5.41) is 11.4. The number of piperidine rings is 1. The predicted octanol–water partition coefficient (Wildman–Crippen LogP) is 7.88. The van der Waals surface area contributed by atoms with Crippen molar-refractivity contribution >= 4 is 22.6 Å². The van der Waals surface area contributed by atoms with Gasteiger partial charge in [-0.25, -0.2) is 0 Å². The predicted molar refractivity (Wildman–Crippen MR) is 190 cm³/mol. The number of hydrogen-bond donors (Lipinski definition) is 1. The van der Waals surface area contributed by atoms with Gasteiger partial charge in [0.15, 0.2) is 0 Å². The quantitative estimate of drug-likeness (QED) is 0.185. The maximum atomic E-state index is 11.4. The fourth-order valence-corrected chi connectivity index (χ4v) is 10.6. The number of methoxy groups -OCH3 is 1. The summed E-state index contributed by atoms with van der Waals surface area (Å²) in [6.07, 6.45) is 24.0. The van der Waals surface area contributed by atoms with Gasteiger partial charge in [0.25, 0.3) is 0 Å². The van der Waals surface area contributed by atoms with Crippen LogP contribution in [0.5, 0.6) is 5.75 Å². The zero-order valence-corrected chi connectivity index (χ0v) is 29.7. The van der Waals surface area contributed by atoms with Crippen LogP contribution >= 0.6 is 22.6 Å². The highest BCUT2D eigenvalue weighted by Crippen LogP contribution is 2.65. The standard InChI is InChI=1S/C38H57IN2O4/c1-43-32-18-16-30(17-19-32)28-44-34(27-42)38-33-20-24-40-23-14-10-5-3-2-4-8-12-21-37(36(38)40)25-31(33)26-41(38)35(45-29-37)15-11-7-6-9-13-22-39/h6-7,13,16-19,22,31,33-36,42H,2-5,8-12,14-15,20-21,23-29H2,1H3/b7-6-,22-13-/t31-,33-,34+,35?,36-,37-,38+/m0/s1. The van der Waals surface area contributed by atoms with Gasteiger partial charge in [-0.1, -0.05) is 97.9 Å². The Morgan fingerprint density at radius 1 is 1.02 bits per heavy atom. The molecular weight excluding hydrogens is 675 g/mol. The van der Waals surface area contributed by atoms with Crippen LogP contribution in [0.1, 0.15) is 95.5 Å². The molecule has 0 amide bonds. The summed E-state index contributed by atoms with van der Waals surface area (Å²) in [5.41, 5.74) is 0.997. The minimum Gasteiger partial charge on any atom is -0.497 e. The Labute approximate surface area is 286 Å². The van der Waals surface area contributed by atoms with Gasteiger partial charge in [-0.3, -0.25) is 9.80 Å². The van der Waals surface area contributed by atoms with E-state index in [4.69, 9.17) is 14.2 Å². The molecule has 5 fully saturated rings. The number of halogens is 1. The van der Waals surface area contributed by atoms with Gasteiger partial charge in [0.1, 0.15) is 18.1 Å². The number of ether oxygens (including phenoxy) is 3. The minimum atomic E-state index is -0.258. The SMILES string of the molecule is COc1ccc(CO[C@H](CO)[C@@]23[C@H]4CCN5CCCCCCCCCC[C@]6(COC(CC/C=C\C/C=C\I)N2C[C@@H]4C6)[C@H]53)cc1. The molecule has 1 aliphatic carbocycles. The van der Waals surface area contributed by atoms with Crippen LogP contribution in [0.25, 0.3) is 0 Å². The van der Waals surface area contributed by atoms with E-state index in [2.05, 4.69) is 66.8 Å². The molecule has 7 heteroatoms. The van der Waals surface area contributed by atoms with Crippen molar-refractivity contribution < 1.29 is 19.3 Å². The summed E-state index contributed by atoms with van der Waals surface area (Å²) < 4.78 is 21.6. The molecule has 0 spiro atoms. The van der Waals surface area contributed by atoms with Crippen molar-refractivity contribution in [3.05, 3.63) is 52.1 Å². The molecule has 0 aromatic heterocycles. The summed E-state index contributed by atoms with van der Waals surface area (Å²) in [5.74, 6) is 2.04. The van der Waals surface area contributed by atoms with Crippen LogP contribution in [0, 0.1) is 17.3 Å². The van der Waals surface area contributed by atoms with Gasteiger partial charge in [0.2, 0.25) is 0 Å². The van der Waals surface area contributed by atoms with Crippen molar-refractivity contribution in [3.63, 3.8) is 0 Å². The Balaban J connectivity index is 1.37. The highest BCUT2D eigenvalue weighted by molar-refractivity contribution is 14.1. The maximum Gasteiger partial charge on any atom is 0.118 e. The Kier molecular flexibility index (Phi) is 12.0. The normalized spacial score (nSPS) is 35.2. The third kappa shape index (κ3) is 6.96. The highest BCUT2D eigenvalue weighted by Gasteiger charge is 2.74. The fraction of sp³-hybridized carbons (Fsp3) is 0.737. The molecule has 1 unspecified atom stereocenters. The first-order valence-corrected chi connectivity index (χ1v) is 19.3. The average molecular weight is 733 g/mol. The fourth-order valence-electron chi connectivity index (χ4n) is 10.3. The van der Waals surface area contributed by atoms with Gasteiger partial charge in [-0.05, 0) is 91.7 Å². The number of nitrogens with zero attached hydrogens (tertiary/aromatic N) is 2. The largest absolute Gasteiger partial charge is 0.497 e. The third-order valence-corrected chi connectivity index (χ3v) is 12.6. The molecule has 5 bridgehead atoms. The number of rotatable bonds is 11. The van der Waals surface area contributed by atoms with Crippen molar-refractivity contribution in [1.82, 2.24) is 9.80 Å². The molecule has 1 saturated carbocycles. The Bertz CT molecular complexity index is 1130. The van der Waals surface area contributed by atoms with Crippen molar-refractivity contribution in [1.29, 1.82) is 0 Å². The van der Waals surface area contributed by atoms with Crippen LogP contribution in [-0.2, 0) is 16.1 Å². The van der Waals surface area contributed by atoms with E-state index >= 15 is 0 Å². The first kappa shape index (κ1) is 33.9. The molecule has 4 heterocycles. The second kappa shape index (κ2) is 16.0. The summed E-state index contributed by atoms with van der Waals surface area (Å²) in [7, 11) is 1.71. The number of aliphatic hydroxyl groups excluding tert-OH is 1. The molecule has 0 radical (unpaired) electrons. The zero-order chi connectivity index (χ0) is 31.1. The number of benzene rings is 1. The van der Waals surface area contributed by atoms with Crippen LogP contribution < -0.4 is 4.74 Å². The molecule has 4 saturated heterocycles. The Hall–Kier alpha value is -0.970. The summed E-state index contributed by atoms with van der Waals surface area (Å²) in [4.78, 5) is 5.67. The van der Waals surface area contributed by atoms with Crippen molar-refractivity contribution in [2.75, 3.05) is 40.0 Å². The zero-order valence-electron chi connectivity index (χ0n) is 27.6. The molecule has 7 atom stereocenters. The summed E-state index contributed by atoms with van der Waals surface area (Å²) in [6, 6.07) is 8.58. The molecule has 1 N–H and O–H groups in total. The molecule has 45 heavy (non-hydrogen) atoms. The lowest BCUT2D eigenvalue weighted by molar-refractivity contribution is -0.198. The highest BCUT2D eigenvalue weighted by atomic mass is 127. The number of allylic oxidation sites excluding steroid dienone is 3. The van der Waals surface area contributed by atoms with E-state index in [-0.39, 0.29) is 29.9 Å². The van der Waals surface area contributed by atoms with Crippen LogP contribution in [0.15, 0.2) is 46.6 Å². The average Bonchev–Trinajstić information content (AvgIpc) is 3.26. The first-order chi connectivity index (χ1) is 22.2. The smallest absolute Gasteiger partial charge is 0.118 e. The van der Waals surface area contributed by atoms with Crippen molar-refractivity contribution in [3.8, 4) is 5.75 Å². The van der Waals surface area contributed by atoms with Gasteiger partial charge >= 0.3 is 0 Å². The molecule has 4 aliphatic heterocycles. The van der Waals surface area contributed by atoms with Crippen LogP contribution in [0.2, 0.25) is 0 Å². The number of aliphatic hydroxyl groups is 1. The van der Waals surface area contributed by atoms with E-state index < -0.39 is 0 Å². The lowest BCUT2D eigenvalue weighted by Crippen LogP contribution is -2.77. The third-order valence-electron chi connectivity index (χ3n) is 12.1. The maximum absolute atomic E-state index is 11.4. The van der Waals surface area contributed by atoms with E-state index in [1.165, 1.54) is 77.2 Å². The topological polar surface area (TPSA) is 54.4 Å². The summed E-state index contributed by atoms with van der Waals surface area (Å²) in [6.45, 7) is 4.81. The second-order valence-electron chi connectivity index (χ2n) is 14.5. The van der Waals surface area contributed by atoms with E-state index in [1.807, 2.05) is 12.1 Å². The van der Waals surface area contributed by atoms with Gasteiger partial charge in [-0.2, -0.15) is 0 Å². The van der Waals surface area contributed by atoms with E-state index in [9.17, 15) is 5.11 Å². The number of hydrogen-bond acceptors (Lipinski definition) is 6. The van der Waals surface area contributed by atoms with Crippen LogP contribution in [0.3, 0.4) is 0 Å². The molecule has 6 rings (SSSR count). The van der Waals surface area contributed by atoms with Gasteiger partial charge in [0, 0.05) is 18.0 Å². The lowest BCUT2D eigenvalue weighted by Gasteiger charge is -2.65. The van der Waals surface area contributed by atoms with Gasteiger partial charge in [-0.15, -0.1) is 0 Å². The molecule has 1 aromatic carbocycles. The molecule has 250 valence electrons. The van der Waals surface area contributed by atoms with Crippen molar-refractivity contribution in [2.24, 2.45) is 17.3 Å². The Morgan fingerprint density at radius 2 is 1.80 bits per heavy atom. The van der Waals surface area contributed by atoms with Gasteiger partial charge in [0.05, 0.1) is 32.5 Å². The van der Waals surface area contributed by atoms with Gasteiger partial charge < -0.3 is 19.3 Å². The van der Waals surface area contributed by atoms with Crippen LogP contribution in [-0.4, -0.2) is 78.8 Å². The van der Waals surface area contributed by atoms with Crippen molar-refractivity contribution in [2.45, 2.75) is 120 Å². The molecule has 6 nitrogen and oxygen atoms in total. The van der Waals surface area contributed by atoms with Crippen LogP contribution in [0.4, 0.5) is 0 Å². The molecule has 5 aliphatic rings. The van der Waals surface area contributed by atoms with E-state index in [0.29, 0.717) is 24.5 Å². The molecule has 1 aromatic rings. The molecular formula is C38H57IN2O4. The monoisotopic (exact) mass is 732 g/mol. The van der Waals surface area contributed by atoms with E-state index in [0.717, 1.165) is 50.3 Å². The summed E-state index contributed by atoms with van der Waals surface area (Å²) >= 11 is 2.29. The minimum absolute atomic E-state index is 0.0472. The van der Waals surface area contributed by atoms with E-state index in [1.54, 1.807) is 7.11 Å². The Morgan fingerprint density at radius 3 is 2.56 bits per heavy atom. The second-order valence-corrected chi connectivity index (χ2v) is 15.2. The lowest BCUT2D eigenvalue weighted by atomic mass is 9.51.